The van der Waals surface area contributed by atoms with Gasteiger partial charge in [0.05, 0.1) is 27.4 Å². The fourth-order valence-electron chi connectivity index (χ4n) is 3.25. The second-order valence-corrected chi connectivity index (χ2v) is 7.03. The van der Waals surface area contributed by atoms with Crippen LogP contribution in [0.3, 0.4) is 0 Å². The molecule has 1 atom stereocenters. The zero-order valence-corrected chi connectivity index (χ0v) is 16.8. The second-order valence-electron chi connectivity index (χ2n) is 7.03. The third-order valence-electron chi connectivity index (χ3n) is 4.94. The standard InChI is InChI=1S/C23H27NO4/c1-15-5-8-17(9-6-15)22(18-10-11-18)24-21(25)12-7-16-13-19(26-2)23(28-4)20(14-16)27-3/h5-9,12-14,18,22H,10-11H2,1-4H3,(H,24,25)/b12-7+. The zero-order chi connectivity index (χ0) is 20.1. The van der Waals surface area contributed by atoms with Crippen molar-refractivity contribution in [2.75, 3.05) is 21.3 Å². The van der Waals surface area contributed by atoms with Gasteiger partial charge in [0.2, 0.25) is 11.7 Å². The first-order valence-electron chi connectivity index (χ1n) is 9.41. The van der Waals surface area contributed by atoms with Crippen LogP contribution in [0.4, 0.5) is 0 Å². The highest BCUT2D eigenvalue weighted by Gasteiger charge is 2.33. The average Bonchev–Trinajstić information content (AvgIpc) is 3.55. The molecule has 1 N–H and O–H groups in total. The predicted molar refractivity (Wildman–Crippen MR) is 110 cm³/mol. The highest BCUT2D eigenvalue weighted by Crippen LogP contribution is 2.41. The monoisotopic (exact) mass is 381 g/mol. The molecule has 0 spiro atoms. The van der Waals surface area contributed by atoms with Gasteiger partial charge in [-0.25, -0.2) is 0 Å². The Balaban J connectivity index is 1.74. The van der Waals surface area contributed by atoms with Crippen LogP contribution >= 0.6 is 0 Å². The highest BCUT2D eigenvalue weighted by molar-refractivity contribution is 5.92. The van der Waals surface area contributed by atoms with Gasteiger partial charge in [-0.1, -0.05) is 29.8 Å². The number of methoxy groups -OCH3 is 3. The maximum absolute atomic E-state index is 12.5. The van der Waals surface area contributed by atoms with Crippen molar-refractivity contribution in [3.05, 3.63) is 59.2 Å². The molecule has 2 aromatic rings. The van der Waals surface area contributed by atoms with Crippen LogP contribution < -0.4 is 19.5 Å². The molecule has 1 saturated carbocycles. The largest absolute Gasteiger partial charge is 0.493 e. The molecular weight excluding hydrogens is 354 g/mol. The van der Waals surface area contributed by atoms with Crippen molar-refractivity contribution in [2.45, 2.75) is 25.8 Å². The van der Waals surface area contributed by atoms with E-state index in [-0.39, 0.29) is 11.9 Å². The van der Waals surface area contributed by atoms with Crippen LogP contribution in [-0.2, 0) is 4.79 Å². The van der Waals surface area contributed by atoms with Crippen molar-refractivity contribution >= 4 is 12.0 Å². The van der Waals surface area contributed by atoms with E-state index < -0.39 is 0 Å². The van der Waals surface area contributed by atoms with E-state index in [9.17, 15) is 4.79 Å². The van der Waals surface area contributed by atoms with Crippen molar-refractivity contribution in [1.29, 1.82) is 0 Å². The third-order valence-corrected chi connectivity index (χ3v) is 4.94. The summed E-state index contributed by atoms with van der Waals surface area (Å²) in [5.74, 6) is 2.03. The number of hydrogen-bond acceptors (Lipinski definition) is 4. The number of carbonyl (C=O) groups excluding carboxylic acids is 1. The lowest BCUT2D eigenvalue weighted by Gasteiger charge is -2.18. The number of aryl methyl sites for hydroxylation is 1. The molecule has 1 aliphatic rings. The minimum Gasteiger partial charge on any atom is -0.493 e. The van der Waals surface area contributed by atoms with E-state index in [0.29, 0.717) is 23.2 Å². The fraction of sp³-hybridized carbons (Fsp3) is 0.348. The smallest absolute Gasteiger partial charge is 0.244 e. The topological polar surface area (TPSA) is 56.8 Å². The quantitative estimate of drug-likeness (QED) is 0.693. The first kappa shape index (κ1) is 19.8. The lowest BCUT2D eigenvalue weighted by molar-refractivity contribution is -0.117. The van der Waals surface area contributed by atoms with Gasteiger partial charge in [0.15, 0.2) is 11.5 Å². The number of benzene rings is 2. The molecule has 2 aromatic carbocycles. The van der Waals surface area contributed by atoms with Crippen molar-refractivity contribution in [3.8, 4) is 17.2 Å². The molecule has 0 radical (unpaired) electrons. The van der Waals surface area contributed by atoms with Gasteiger partial charge in [0.1, 0.15) is 0 Å². The van der Waals surface area contributed by atoms with Crippen LogP contribution in [0, 0.1) is 12.8 Å². The van der Waals surface area contributed by atoms with E-state index in [1.165, 1.54) is 5.56 Å². The zero-order valence-electron chi connectivity index (χ0n) is 16.8. The van der Waals surface area contributed by atoms with Gasteiger partial charge in [0, 0.05) is 6.08 Å². The molecule has 148 valence electrons. The molecule has 1 aliphatic carbocycles. The molecule has 5 heteroatoms. The molecule has 3 rings (SSSR count). The summed E-state index contributed by atoms with van der Waals surface area (Å²) in [6.07, 6.45) is 5.59. The Bertz CT molecular complexity index is 828. The van der Waals surface area contributed by atoms with Crippen LogP contribution in [0.25, 0.3) is 6.08 Å². The molecular formula is C23H27NO4. The first-order chi connectivity index (χ1) is 13.5. The summed E-state index contributed by atoms with van der Waals surface area (Å²) < 4.78 is 16.0. The maximum Gasteiger partial charge on any atom is 0.244 e. The van der Waals surface area contributed by atoms with E-state index in [4.69, 9.17) is 14.2 Å². The predicted octanol–water partition coefficient (Wildman–Crippen LogP) is 4.30. The van der Waals surface area contributed by atoms with Gasteiger partial charge >= 0.3 is 0 Å². The van der Waals surface area contributed by atoms with Crippen molar-refractivity contribution < 1.29 is 19.0 Å². The van der Waals surface area contributed by atoms with Gasteiger partial charge in [-0.05, 0) is 55.0 Å². The Morgan fingerprint density at radius 1 is 1.04 bits per heavy atom. The summed E-state index contributed by atoms with van der Waals surface area (Å²) in [6.45, 7) is 2.06. The minimum absolute atomic E-state index is 0.0534. The highest BCUT2D eigenvalue weighted by atomic mass is 16.5. The van der Waals surface area contributed by atoms with E-state index >= 15 is 0 Å². The maximum atomic E-state index is 12.5. The van der Waals surface area contributed by atoms with Gasteiger partial charge < -0.3 is 19.5 Å². The van der Waals surface area contributed by atoms with Crippen molar-refractivity contribution in [3.63, 3.8) is 0 Å². The normalized spacial score (nSPS) is 14.6. The van der Waals surface area contributed by atoms with Crippen molar-refractivity contribution in [2.24, 2.45) is 5.92 Å². The summed E-state index contributed by atoms with van der Waals surface area (Å²) in [5, 5.41) is 3.15. The Morgan fingerprint density at radius 3 is 2.14 bits per heavy atom. The minimum atomic E-state index is -0.119. The molecule has 0 aliphatic heterocycles. The van der Waals surface area contributed by atoms with Crippen LogP contribution in [0.5, 0.6) is 17.2 Å². The van der Waals surface area contributed by atoms with E-state index in [2.05, 4.69) is 36.5 Å². The molecule has 1 amide bonds. The summed E-state index contributed by atoms with van der Waals surface area (Å²) in [6, 6.07) is 12.0. The molecule has 1 fully saturated rings. The Morgan fingerprint density at radius 2 is 1.64 bits per heavy atom. The number of ether oxygens (including phenoxy) is 3. The molecule has 1 unspecified atom stereocenters. The fourth-order valence-corrected chi connectivity index (χ4v) is 3.25. The molecule has 0 bridgehead atoms. The molecule has 0 aromatic heterocycles. The number of hydrogen-bond donors (Lipinski definition) is 1. The molecule has 0 saturated heterocycles. The second kappa shape index (κ2) is 8.83. The van der Waals surface area contributed by atoms with Crippen LogP contribution in [-0.4, -0.2) is 27.2 Å². The van der Waals surface area contributed by atoms with Crippen molar-refractivity contribution in [1.82, 2.24) is 5.32 Å². The first-order valence-corrected chi connectivity index (χ1v) is 9.41. The van der Waals surface area contributed by atoms with E-state index in [0.717, 1.165) is 24.0 Å². The van der Waals surface area contributed by atoms with E-state index in [1.807, 2.05) is 12.1 Å². The van der Waals surface area contributed by atoms with Gasteiger partial charge in [-0.2, -0.15) is 0 Å². The van der Waals surface area contributed by atoms with Gasteiger partial charge in [-0.3, -0.25) is 4.79 Å². The summed E-state index contributed by atoms with van der Waals surface area (Å²) >= 11 is 0. The lowest BCUT2D eigenvalue weighted by atomic mass is 10.0. The van der Waals surface area contributed by atoms with Gasteiger partial charge in [0.25, 0.3) is 0 Å². The van der Waals surface area contributed by atoms with Gasteiger partial charge in [-0.15, -0.1) is 0 Å². The number of amides is 1. The Hall–Kier alpha value is -2.95. The molecule has 28 heavy (non-hydrogen) atoms. The summed E-state index contributed by atoms with van der Waals surface area (Å²) in [4.78, 5) is 12.5. The summed E-state index contributed by atoms with van der Waals surface area (Å²) in [7, 11) is 4.70. The average molecular weight is 381 g/mol. The summed E-state index contributed by atoms with van der Waals surface area (Å²) in [5.41, 5.74) is 3.16. The number of carbonyl (C=O) groups is 1. The van der Waals surface area contributed by atoms with E-state index in [1.54, 1.807) is 33.5 Å². The molecule has 0 heterocycles. The van der Waals surface area contributed by atoms with Crippen LogP contribution in [0.2, 0.25) is 0 Å². The number of rotatable bonds is 8. The SMILES string of the molecule is COc1cc(/C=C/C(=O)NC(c2ccc(C)cc2)C2CC2)cc(OC)c1OC. The molecule has 5 nitrogen and oxygen atoms in total. The Labute approximate surface area is 166 Å². The van der Waals surface area contributed by atoms with Crippen LogP contribution in [0.1, 0.15) is 35.6 Å². The number of nitrogens with one attached hydrogen (secondary N) is 1. The Kier molecular flexibility index (Phi) is 6.24. The third kappa shape index (κ3) is 4.66. The van der Waals surface area contributed by atoms with Crippen LogP contribution in [0.15, 0.2) is 42.5 Å². The lowest BCUT2D eigenvalue weighted by Crippen LogP contribution is -2.28.